The zero-order chi connectivity index (χ0) is 14.0. The molecular weight excluding hydrogens is 240 g/mol. The van der Waals surface area contributed by atoms with Gasteiger partial charge < -0.3 is 0 Å². The summed E-state index contributed by atoms with van der Waals surface area (Å²) in [7, 11) is 0. The maximum absolute atomic E-state index is 2.40. The Morgan fingerprint density at radius 2 is 1.05 bits per heavy atom. The van der Waals surface area contributed by atoms with E-state index in [4.69, 9.17) is 0 Å². The van der Waals surface area contributed by atoms with Crippen LogP contribution in [0.1, 0.15) is 43.7 Å². The highest BCUT2D eigenvalue weighted by molar-refractivity contribution is 5.15. The molecule has 0 nitrogen and oxygen atoms in total. The Hall–Kier alpha value is -1.56. The third-order valence-electron chi connectivity index (χ3n) is 4.01. The van der Waals surface area contributed by atoms with Crippen molar-refractivity contribution < 1.29 is 0 Å². The molecule has 0 N–H and O–H groups in total. The van der Waals surface area contributed by atoms with Gasteiger partial charge in [0.15, 0.2) is 0 Å². The van der Waals surface area contributed by atoms with E-state index >= 15 is 0 Å². The molecule has 0 radical (unpaired) electrons. The highest BCUT2D eigenvalue weighted by Gasteiger charge is 2.03. The zero-order valence-corrected chi connectivity index (χ0v) is 12.6. The van der Waals surface area contributed by atoms with E-state index in [9.17, 15) is 0 Å². The van der Waals surface area contributed by atoms with E-state index in [1.165, 1.54) is 49.7 Å². The molecule has 0 bridgehead atoms. The maximum atomic E-state index is 2.40. The second kappa shape index (κ2) is 8.58. The molecule has 2 aromatic carbocycles. The second-order valence-corrected chi connectivity index (χ2v) is 5.86. The fourth-order valence-electron chi connectivity index (χ4n) is 2.74. The SMILES string of the molecule is CC(CCCc1ccccc1)CCCc1ccccc1. The van der Waals surface area contributed by atoms with E-state index in [0.717, 1.165) is 5.92 Å². The van der Waals surface area contributed by atoms with Crippen molar-refractivity contribution in [3.05, 3.63) is 71.8 Å². The molecule has 2 aromatic rings. The first-order chi connectivity index (χ1) is 9.84. The van der Waals surface area contributed by atoms with Gasteiger partial charge in [-0.3, -0.25) is 0 Å². The minimum atomic E-state index is 0.849. The molecule has 0 heteroatoms. The third-order valence-corrected chi connectivity index (χ3v) is 4.01. The largest absolute Gasteiger partial charge is 0.0625 e. The molecule has 0 spiro atoms. The Bertz CT molecular complexity index is 412. The predicted molar refractivity (Wildman–Crippen MR) is 87.9 cm³/mol. The Balaban J connectivity index is 1.58. The summed E-state index contributed by atoms with van der Waals surface area (Å²) >= 11 is 0. The van der Waals surface area contributed by atoms with Crippen molar-refractivity contribution in [3.63, 3.8) is 0 Å². The van der Waals surface area contributed by atoms with Gasteiger partial charge in [0.05, 0.1) is 0 Å². The Morgan fingerprint density at radius 3 is 1.45 bits per heavy atom. The predicted octanol–water partition coefficient (Wildman–Crippen LogP) is 5.67. The topological polar surface area (TPSA) is 0 Å². The molecule has 0 aliphatic carbocycles. The first-order valence-electron chi connectivity index (χ1n) is 7.92. The first kappa shape index (κ1) is 14.8. The molecule has 0 fully saturated rings. The van der Waals surface area contributed by atoms with E-state index in [1.54, 1.807) is 0 Å². The van der Waals surface area contributed by atoms with Crippen molar-refractivity contribution in [2.24, 2.45) is 5.92 Å². The van der Waals surface area contributed by atoms with E-state index in [2.05, 4.69) is 67.6 Å². The summed E-state index contributed by atoms with van der Waals surface area (Å²) in [4.78, 5) is 0. The average Bonchev–Trinajstić information content (AvgIpc) is 2.49. The van der Waals surface area contributed by atoms with Gasteiger partial charge in [-0.1, -0.05) is 80.4 Å². The van der Waals surface area contributed by atoms with Crippen LogP contribution in [-0.2, 0) is 12.8 Å². The van der Waals surface area contributed by atoms with Crippen LogP contribution in [0.15, 0.2) is 60.7 Å². The van der Waals surface area contributed by atoms with Crippen LogP contribution in [0.3, 0.4) is 0 Å². The summed E-state index contributed by atoms with van der Waals surface area (Å²) in [6.45, 7) is 2.40. The van der Waals surface area contributed by atoms with Crippen molar-refractivity contribution in [1.82, 2.24) is 0 Å². The van der Waals surface area contributed by atoms with Crippen LogP contribution in [0.25, 0.3) is 0 Å². The minimum Gasteiger partial charge on any atom is -0.0625 e. The zero-order valence-electron chi connectivity index (χ0n) is 12.6. The lowest BCUT2D eigenvalue weighted by Crippen LogP contribution is -1.97. The van der Waals surface area contributed by atoms with Gasteiger partial charge in [0.2, 0.25) is 0 Å². The van der Waals surface area contributed by atoms with Crippen LogP contribution in [0, 0.1) is 5.92 Å². The number of hydrogen-bond donors (Lipinski definition) is 0. The fourth-order valence-corrected chi connectivity index (χ4v) is 2.74. The molecule has 2 rings (SSSR count). The Morgan fingerprint density at radius 1 is 0.650 bits per heavy atom. The van der Waals surface area contributed by atoms with Gasteiger partial charge in [-0.25, -0.2) is 0 Å². The summed E-state index contributed by atoms with van der Waals surface area (Å²) in [5, 5.41) is 0. The summed E-state index contributed by atoms with van der Waals surface area (Å²) < 4.78 is 0. The van der Waals surface area contributed by atoms with Crippen molar-refractivity contribution in [2.45, 2.75) is 45.4 Å². The van der Waals surface area contributed by atoms with Gasteiger partial charge in [-0.05, 0) is 42.7 Å². The first-order valence-corrected chi connectivity index (χ1v) is 7.92. The van der Waals surface area contributed by atoms with Crippen molar-refractivity contribution in [2.75, 3.05) is 0 Å². The number of rotatable bonds is 8. The van der Waals surface area contributed by atoms with Gasteiger partial charge in [0.25, 0.3) is 0 Å². The Kier molecular flexibility index (Phi) is 6.37. The molecule has 106 valence electrons. The molecule has 0 unspecified atom stereocenters. The monoisotopic (exact) mass is 266 g/mol. The molecule has 0 heterocycles. The highest BCUT2D eigenvalue weighted by Crippen LogP contribution is 2.16. The summed E-state index contributed by atoms with van der Waals surface area (Å²) in [6, 6.07) is 21.7. The van der Waals surface area contributed by atoms with Gasteiger partial charge in [-0.15, -0.1) is 0 Å². The summed E-state index contributed by atoms with van der Waals surface area (Å²) in [5.41, 5.74) is 2.95. The van der Waals surface area contributed by atoms with Gasteiger partial charge >= 0.3 is 0 Å². The van der Waals surface area contributed by atoms with Crippen molar-refractivity contribution in [1.29, 1.82) is 0 Å². The smallest absolute Gasteiger partial charge is 0.0279 e. The molecule has 0 saturated heterocycles. The van der Waals surface area contributed by atoms with Crippen LogP contribution in [-0.4, -0.2) is 0 Å². The lowest BCUT2D eigenvalue weighted by Gasteiger charge is -2.11. The van der Waals surface area contributed by atoms with Crippen LogP contribution in [0.2, 0.25) is 0 Å². The fraction of sp³-hybridized carbons (Fsp3) is 0.400. The molecule has 0 saturated carbocycles. The van der Waals surface area contributed by atoms with Crippen LogP contribution in [0.5, 0.6) is 0 Å². The van der Waals surface area contributed by atoms with E-state index in [1.807, 2.05) is 0 Å². The molecule has 0 aromatic heterocycles. The van der Waals surface area contributed by atoms with Gasteiger partial charge in [0, 0.05) is 0 Å². The number of benzene rings is 2. The van der Waals surface area contributed by atoms with Crippen LogP contribution in [0.4, 0.5) is 0 Å². The quantitative estimate of drug-likeness (QED) is 0.577. The molecule has 20 heavy (non-hydrogen) atoms. The van der Waals surface area contributed by atoms with Crippen molar-refractivity contribution >= 4 is 0 Å². The van der Waals surface area contributed by atoms with Gasteiger partial charge in [-0.2, -0.15) is 0 Å². The van der Waals surface area contributed by atoms with Gasteiger partial charge in [0.1, 0.15) is 0 Å². The minimum absolute atomic E-state index is 0.849. The van der Waals surface area contributed by atoms with E-state index < -0.39 is 0 Å². The van der Waals surface area contributed by atoms with Crippen molar-refractivity contribution in [3.8, 4) is 0 Å². The molecule has 0 amide bonds. The molecular formula is C20H26. The lowest BCUT2D eigenvalue weighted by molar-refractivity contribution is 0.460. The maximum Gasteiger partial charge on any atom is -0.0279 e. The van der Waals surface area contributed by atoms with E-state index in [0.29, 0.717) is 0 Å². The molecule has 0 atom stereocenters. The molecule has 0 aliphatic rings. The normalized spacial score (nSPS) is 10.9. The third kappa shape index (κ3) is 5.61. The highest BCUT2D eigenvalue weighted by atomic mass is 14.1. The second-order valence-electron chi connectivity index (χ2n) is 5.86. The van der Waals surface area contributed by atoms with Crippen LogP contribution < -0.4 is 0 Å². The van der Waals surface area contributed by atoms with E-state index in [-0.39, 0.29) is 0 Å². The number of aryl methyl sites for hydroxylation is 2. The molecule has 0 aliphatic heterocycles. The number of hydrogen-bond acceptors (Lipinski definition) is 0. The van der Waals surface area contributed by atoms with Crippen LogP contribution >= 0.6 is 0 Å². The Labute approximate surface area is 123 Å². The lowest BCUT2D eigenvalue weighted by atomic mass is 9.95. The standard InChI is InChI=1S/C20H26/c1-18(10-8-16-19-12-4-2-5-13-19)11-9-17-20-14-6-3-7-15-20/h2-7,12-15,18H,8-11,16-17H2,1H3. The summed E-state index contributed by atoms with van der Waals surface area (Å²) in [5.74, 6) is 0.849. The average molecular weight is 266 g/mol. The summed E-state index contributed by atoms with van der Waals surface area (Å²) in [6.07, 6.45) is 7.79.